The quantitative estimate of drug-likeness (QED) is 0.577. The first-order valence-electron chi connectivity index (χ1n) is 4.27. The Bertz CT molecular complexity index is 254. The molecule has 1 heteroatoms. The van der Waals surface area contributed by atoms with Gasteiger partial charge in [0.1, 0.15) is 5.76 Å². The van der Waals surface area contributed by atoms with Crippen molar-refractivity contribution >= 4 is 0 Å². The summed E-state index contributed by atoms with van der Waals surface area (Å²) in [4.78, 5) is 0. The molecule has 0 saturated carbocycles. The third-order valence-corrected chi connectivity index (χ3v) is 1.91. The standard InChI is InChI=1S/C11H16O/c1-5-6-7-10-11(3,4)8-9(2)12-10/h5-8H,1-4H3/b6-5-,10-7+. The Morgan fingerprint density at radius 1 is 1.42 bits per heavy atom. The number of hydrogen-bond acceptors (Lipinski definition) is 1. The Balaban J connectivity index is 2.85. The summed E-state index contributed by atoms with van der Waals surface area (Å²) in [6.45, 7) is 8.29. The minimum atomic E-state index is 0.0591. The van der Waals surface area contributed by atoms with Crippen molar-refractivity contribution in [2.75, 3.05) is 0 Å². The lowest BCUT2D eigenvalue weighted by Crippen LogP contribution is -2.06. The van der Waals surface area contributed by atoms with Crippen LogP contribution < -0.4 is 0 Å². The molecule has 0 aromatic heterocycles. The van der Waals surface area contributed by atoms with E-state index in [1.54, 1.807) is 0 Å². The highest BCUT2D eigenvalue weighted by atomic mass is 16.5. The summed E-state index contributed by atoms with van der Waals surface area (Å²) in [7, 11) is 0. The molecule has 1 rings (SSSR count). The van der Waals surface area contributed by atoms with Gasteiger partial charge in [0.05, 0.1) is 5.76 Å². The topological polar surface area (TPSA) is 9.23 Å². The molecule has 1 nitrogen and oxygen atoms in total. The minimum Gasteiger partial charge on any atom is -0.466 e. The third kappa shape index (κ3) is 1.79. The third-order valence-electron chi connectivity index (χ3n) is 1.91. The van der Waals surface area contributed by atoms with Crippen molar-refractivity contribution < 1.29 is 4.74 Å². The zero-order valence-corrected chi connectivity index (χ0v) is 8.22. The van der Waals surface area contributed by atoms with Gasteiger partial charge in [-0.1, -0.05) is 12.2 Å². The van der Waals surface area contributed by atoms with Crippen molar-refractivity contribution in [3.8, 4) is 0 Å². The molecule has 12 heavy (non-hydrogen) atoms. The summed E-state index contributed by atoms with van der Waals surface area (Å²) in [6.07, 6.45) is 8.17. The van der Waals surface area contributed by atoms with Gasteiger partial charge in [-0.15, -0.1) is 0 Å². The normalized spacial score (nSPS) is 24.7. The summed E-state index contributed by atoms with van der Waals surface area (Å²) in [5.41, 5.74) is 0.0591. The second kappa shape index (κ2) is 3.18. The van der Waals surface area contributed by atoms with Crippen LogP contribution in [0.5, 0.6) is 0 Å². The van der Waals surface area contributed by atoms with E-state index in [1.165, 1.54) is 0 Å². The zero-order valence-electron chi connectivity index (χ0n) is 8.22. The van der Waals surface area contributed by atoms with Crippen molar-refractivity contribution in [2.45, 2.75) is 27.7 Å². The molecular weight excluding hydrogens is 148 g/mol. The van der Waals surface area contributed by atoms with Crippen LogP contribution in [0.3, 0.4) is 0 Å². The molecular formula is C11H16O. The van der Waals surface area contributed by atoms with E-state index in [4.69, 9.17) is 4.74 Å². The van der Waals surface area contributed by atoms with Crippen LogP contribution in [0.2, 0.25) is 0 Å². The summed E-state index contributed by atoms with van der Waals surface area (Å²) in [5, 5.41) is 0. The first kappa shape index (κ1) is 9.11. The van der Waals surface area contributed by atoms with Crippen LogP contribution in [0.1, 0.15) is 27.7 Å². The van der Waals surface area contributed by atoms with Gasteiger partial charge in [0.25, 0.3) is 0 Å². The first-order valence-corrected chi connectivity index (χ1v) is 4.27. The van der Waals surface area contributed by atoms with Gasteiger partial charge in [-0.3, -0.25) is 0 Å². The van der Waals surface area contributed by atoms with E-state index in [9.17, 15) is 0 Å². The maximum atomic E-state index is 5.55. The molecule has 0 aromatic rings. The average Bonchev–Trinajstić information content (AvgIpc) is 2.20. The molecule has 0 radical (unpaired) electrons. The van der Waals surface area contributed by atoms with Crippen molar-refractivity contribution in [1.29, 1.82) is 0 Å². The SMILES string of the molecule is C/C=C\C=C1\OC(C)=CC1(C)C. The van der Waals surface area contributed by atoms with Crippen LogP contribution in [-0.4, -0.2) is 0 Å². The lowest BCUT2D eigenvalue weighted by molar-refractivity contribution is 0.280. The van der Waals surface area contributed by atoms with Crippen molar-refractivity contribution in [3.63, 3.8) is 0 Å². The Hall–Kier alpha value is -0.980. The van der Waals surface area contributed by atoms with Crippen LogP contribution in [0, 0.1) is 5.41 Å². The lowest BCUT2D eigenvalue weighted by atomic mass is 9.91. The highest BCUT2D eigenvalue weighted by Crippen LogP contribution is 2.37. The van der Waals surface area contributed by atoms with Gasteiger partial charge >= 0.3 is 0 Å². The number of hydrogen-bond donors (Lipinski definition) is 0. The predicted octanol–water partition coefficient (Wildman–Crippen LogP) is 3.41. The summed E-state index contributed by atoms with van der Waals surface area (Å²) >= 11 is 0. The van der Waals surface area contributed by atoms with Gasteiger partial charge < -0.3 is 4.74 Å². The fraction of sp³-hybridized carbons (Fsp3) is 0.455. The highest BCUT2D eigenvalue weighted by Gasteiger charge is 2.28. The molecule has 0 saturated heterocycles. The lowest BCUT2D eigenvalue weighted by Gasteiger charge is -2.14. The molecule has 0 atom stereocenters. The van der Waals surface area contributed by atoms with Gasteiger partial charge in [0, 0.05) is 5.41 Å². The second-order valence-electron chi connectivity index (χ2n) is 3.64. The molecule has 0 fully saturated rings. The summed E-state index contributed by atoms with van der Waals surface area (Å²) < 4.78 is 5.55. The fourth-order valence-electron chi connectivity index (χ4n) is 1.35. The van der Waals surface area contributed by atoms with Gasteiger partial charge in [-0.2, -0.15) is 0 Å². The summed E-state index contributed by atoms with van der Waals surface area (Å²) in [6, 6.07) is 0. The van der Waals surface area contributed by atoms with Gasteiger partial charge in [-0.25, -0.2) is 0 Å². The monoisotopic (exact) mass is 164 g/mol. The van der Waals surface area contributed by atoms with Gasteiger partial charge in [0.15, 0.2) is 0 Å². The largest absolute Gasteiger partial charge is 0.466 e. The number of rotatable bonds is 1. The molecule has 1 aliphatic heterocycles. The van der Waals surface area contributed by atoms with Crippen LogP contribution >= 0.6 is 0 Å². The summed E-state index contributed by atoms with van der Waals surface area (Å²) in [5.74, 6) is 2.02. The number of allylic oxidation sites excluding steroid dienone is 5. The van der Waals surface area contributed by atoms with E-state index in [0.29, 0.717) is 0 Å². The predicted molar refractivity (Wildman–Crippen MR) is 51.5 cm³/mol. The first-order chi connectivity index (χ1) is 5.56. The average molecular weight is 164 g/mol. The molecule has 1 heterocycles. The van der Waals surface area contributed by atoms with Crippen molar-refractivity contribution in [2.24, 2.45) is 5.41 Å². The van der Waals surface area contributed by atoms with E-state index >= 15 is 0 Å². The Morgan fingerprint density at radius 2 is 2.08 bits per heavy atom. The van der Waals surface area contributed by atoms with E-state index in [0.717, 1.165) is 11.5 Å². The maximum Gasteiger partial charge on any atom is 0.113 e. The number of ether oxygens (including phenoxy) is 1. The zero-order chi connectivity index (χ0) is 9.19. The van der Waals surface area contributed by atoms with Crippen LogP contribution in [-0.2, 0) is 4.74 Å². The van der Waals surface area contributed by atoms with E-state index in [-0.39, 0.29) is 5.41 Å². The van der Waals surface area contributed by atoms with Gasteiger partial charge in [-0.05, 0) is 39.8 Å². The molecule has 0 N–H and O–H groups in total. The van der Waals surface area contributed by atoms with E-state index < -0.39 is 0 Å². The fourth-order valence-corrected chi connectivity index (χ4v) is 1.35. The van der Waals surface area contributed by atoms with Crippen LogP contribution in [0.15, 0.2) is 35.8 Å². The Morgan fingerprint density at radius 3 is 2.50 bits per heavy atom. The van der Waals surface area contributed by atoms with Crippen molar-refractivity contribution in [3.05, 3.63) is 35.8 Å². The van der Waals surface area contributed by atoms with Gasteiger partial charge in [0.2, 0.25) is 0 Å². The molecule has 0 aliphatic carbocycles. The van der Waals surface area contributed by atoms with E-state index in [1.807, 2.05) is 32.1 Å². The molecule has 0 unspecified atom stereocenters. The maximum absolute atomic E-state index is 5.55. The molecule has 0 spiro atoms. The molecule has 0 bridgehead atoms. The minimum absolute atomic E-state index is 0.0591. The molecule has 1 aliphatic rings. The molecule has 0 amide bonds. The van der Waals surface area contributed by atoms with Crippen LogP contribution in [0.25, 0.3) is 0 Å². The molecule has 0 aromatic carbocycles. The van der Waals surface area contributed by atoms with Crippen molar-refractivity contribution in [1.82, 2.24) is 0 Å². The highest BCUT2D eigenvalue weighted by molar-refractivity contribution is 5.26. The molecule has 66 valence electrons. The Labute approximate surface area is 74.4 Å². The van der Waals surface area contributed by atoms with E-state index in [2.05, 4.69) is 19.9 Å². The van der Waals surface area contributed by atoms with Crippen LogP contribution in [0.4, 0.5) is 0 Å². The smallest absolute Gasteiger partial charge is 0.113 e. The second-order valence-corrected chi connectivity index (χ2v) is 3.64. The Kier molecular flexibility index (Phi) is 2.41.